The minimum absolute atomic E-state index is 0.580. The van der Waals surface area contributed by atoms with Crippen molar-refractivity contribution in [2.75, 3.05) is 0 Å². The molecule has 0 nitrogen and oxygen atoms in total. The van der Waals surface area contributed by atoms with Crippen molar-refractivity contribution >= 4 is 0 Å². The molecule has 134 valence electrons. The summed E-state index contributed by atoms with van der Waals surface area (Å²) in [6, 6.07) is 0. The molecule has 3 aliphatic rings. The zero-order valence-electron chi connectivity index (χ0n) is 16.9. The molecule has 0 amide bonds. The van der Waals surface area contributed by atoms with Gasteiger partial charge < -0.3 is 0 Å². The molecule has 0 bridgehead atoms. The van der Waals surface area contributed by atoms with Gasteiger partial charge in [-0.3, -0.25) is 0 Å². The lowest BCUT2D eigenvalue weighted by atomic mass is 9.38. The van der Waals surface area contributed by atoms with Crippen LogP contribution in [-0.4, -0.2) is 0 Å². The van der Waals surface area contributed by atoms with Crippen molar-refractivity contribution < 1.29 is 0 Å². The highest BCUT2D eigenvalue weighted by molar-refractivity contribution is 5.10. The van der Waals surface area contributed by atoms with E-state index in [4.69, 9.17) is 0 Å². The van der Waals surface area contributed by atoms with Gasteiger partial charge in [0.2, 0.25) is 0 Å². The number of hydrogen-bond donors (Lipinski definition) is 0. The molecule has 0 radical (unpaired) electrons. The highest BCUT2D eigenvalue weighted by Crippen LogP contribution is 2.69. The van der Waals surface area contributed by atoms with Gasteiger partial charge in [-0.25, -0.2) is 0 Å². The molecule has 3 fully saturated rings. The van der Waals surface area contributed by atoms with Crippen molar-refractivity contribution in [2.45, 2.75) is 106 Å². The van der Waals surface area contributed by atoms with Crippen LogP contribution in [0.1, 0.15) is 106 Å². The van der Waals surface area contributed by atoms with E-state index in [1.807, 2.05) is 0 Å². The average molecular weight is 319 g/mol. The van der Waals surface area contributed by atoms with E-state index in [1.54, 1.807) is 0 Å². The Bertz CT molecular complexity index is 422. The Labute approximate surface area is 146 Å². The van der Waals surface area contributed by atoms with Crippen LogP contribution in [0.25, 0.3) is 0 Å². The fraction of sp³-hybridized carbons (Fsp3) is 1.00. The summed E-state index contributed by atoms with van der Waals surface area (Å²) in [5, 5.41) is 0. The Morgan fingerprint density at radius 1 is 0.826 bits per heavy atom. The Hall–Kier alpha value is 0. The van der Waals surface area contributed by atoms with E-state index < -0.39 is 0 Å². The first kappa shape index (κ1) is 17.8. The first-order chi connectivity index (χ1) is 10.8. The third kappa shape index (κ3) is 2.71. The minimum atomic E-state index is 0.580. The molecule has 0 aromatic heterocycles. The topological polar surface area (TPSA) is 0 Å². The monoisotopic (exact) mass is 318 g/mol. The summed E-state index contributed by atoms with van der Waals surface area (Å²) in [7, 11) is 0. The van der Waals surface area contributed by atoms with Crippen LogP contribution in [0, 0.1) is 39.9 Å². The summed E-state index contributed by atoms with van der Waals surface area (Å²) >= 11 is 0. The summed E-state index contributed by atoms with van der Waals surface area (Å²) in [6.07, 6.45) is 14.8. The highest BCUT2D eigenvalue weighted by Gasteiger charge is 2.61. The molecule has 23 heavy (non-hydrogen) atoms. The molecule has 3 aliphatic carbocycles. The molecule has 0 aromatic carbocycles. The maximum atomic E-state index is 2.72. The van der Waals surface area contributed by atoms with Gasteiger partial charge in [-0.15, -0.1) is 0 Å². The fourth-order valence-corrected chi connectivity index (χ4v) is 8.11. The van der Waals surface area contributed by atoms with E-state index in [1.165, 1.54) is 64.2 Å². The summed E-state index contributed by atoms with van der Waals surface area (Å²) in [4.78, 5) is 0. The van der Waals surface area contributed by atoms with Gasteiger partial charge in [0.05, 0.1) is 0 Å². The van der Waals surface area contributed by atoms with Crippen molar-refractivity contribution in [3.8, 4) is 0 Å². The smallest absolute Gasteiger partial charge is 0.0259 e. The zero-order chi connectivity index (χ0) is 16.9. The number of hydrogen-bond acceptors (Lipinski definition) is 0. The van der Waals surface area contributed by atoms with Crippen LogP contribution in [-0.2, 0) is 0 Å². The predicted molar refractivity (Wildman–Crippen MR) is 101 cm³/mol. The minimum Gasteiger partial charge on any atom is -0.0654 e. The van der Waals surface area contributed by atoms with Crippen LogP contribution in [0.15, 0.2) is 0 Å². The number of unbranched alkanes of at least 4 members (excludes halogenated alkanes) is 1. The van der Waals surface area contributed by atoms with Gasteiger partial charge in [-0.05, 0) is 78.4 Å². The maximum absolute atomic E-state index is 2.72. The van der Waals surface area contributed by atoms with Gasteiger partial charge in [-0.2, -0.15) is 0 Å². The fourth-order valence-electron chi connectivity index (χ4n) is 8.11. The van der Waals surface area contributed by atoms with Crippen LogP contribution in [0.4, 0.5) is 0 Å². The molecule has 0 aromatic rings. The first-order valence-electron chi connectivity index (χ1n) is 10.8. The van der Waals surface area contributed by atoms with Crippen LogP contribution in [0.5, 0.6) is 0 Å². The van der Waals surface area contributed by atoms with Crippen molar-refractivity contribution in [3.63, 3.8) is 0 Å². The highest BCUT2D eigenvalue weighted by atomic mass is 14.7. The van der Waals surface area contributed by atoms with E-state index in [2.05, 4.69) is 41.5 Å². The standard InChI is InChI=1S/C23H42/c1-7-8-10-18-17(2)11-12-20-22(18,5)16-13-19-21(3,4)14-9-15-23(19,20)6/h17-20H,7-16H2,1-6H3. The zero-order valence-corrected chi connectivity index (χ0v) is 16.9. The normalized spacial score (nSPS) is 49.3. The third-order valence-corrected chi connectivity index (χ3v) is 9.15. The molecule has 6 unspecified atom stereocenters. The molecule has 0 spiro atoms. The molecule has 0 N–H and O–H groups in total. The van der Waals surface area contributed by atoms with E-state index in [-0.39, 0.29) is 0 Å². The molecule has 0 saturated heterocycles. The quantitative estimate of drug-likeness (QED) is 0.506. The van der Waals surface area contributed by atoms with Crippen LogP contribution in [0.3, 0.4) is 0 Å². The number of rotatable bonds is 3. The van der Waals surface area contributed by atoms with Crippen molar-refractivity contribution in [3.05, 3.63) is 0 Å². The predicted octanol–water partition coefficient (Wildman–Crippen LogP) is 7.47. The second-order valence-corrected chi connectivity index (χ2v) is 10.8. The summed E-state index contributed by atoms with van der Waals surface area (Å²) in [5.74, 6) is 3.91. The second kappa shape index (κ2) is 6.06. The van der Waals surface area contributed by atoms with Crippen LogP contribution in [0.2, 0.25) is 0 Å². The van der Waals surface area contributed by atoms with Crippen molar-refractivity contribution in [1.29, 1.82) is 0 Å². The maximum Gasteiger partial charge on any atom is -0.0259 e. The van der Waals surface area contributed by atoms with E-state index in [0.717, 1.165) is 23.7 Å². The first-order valence-corrected chi connectivity index (χ1v) is 10.8. The lowest BCUT2D eigenvalue weighted by molar-refractivity contribution is -0.174. The molecule has 6 atom stereocenters. The molecular weight excluding hydrogens is 276 g/mol. The summed E-state index contributed by atoms with van der Waals surface area (Å²) < 4.78 is 0. The van der Waals surface area contributed by atoms with Gasteiger partial charge in [0.1, 0.15) is 0 Å². The SMILES string of the molecule is CCCCC1C(C)CCC2C1(C)CCC1C(C)(C)CCCC12C. The van der Waals surface area contributed by atoms with E-state index in [9.17, 15) is 0 Å². The molecular formula is C23H42. The van der Waals surface area contributed by atoms with Gasteiger partial charge in [-0.1, -0.05) is 67.2 Å². The summed E-state index contributed by atoms with van der Waals surface area (Å²) in [6.45, 7) is 15.5. The van der Waals surface area contributed by atoms with Crippen molar-refractivity contribution in [2.24, 2.45) is 39.9 Å². The van der Waals surface area contributed by atoms with Crippen LogP contribution >= 0.6 is 0 Å². The molecule has 0 heteroatoms. The Kier molecular flexibility index (Phi) is 4.70. The summed E-state index contributed by atoms with van der Waals surface area (Å²) in [5.41, 5.74) is 1.83. The van der Waals surface area contributed by atoms with E-state index >= 15 is 0 Å². The van der Waals surface area contributed by atoms with Gasteiger partial charge in [0.15, 0.2) is 0 Å². The van der Waals surface area contributed by atoms with Gasteiger partial charge in [0, 0.05) is 0 Å². The van der Waals surface area contributed by atoms with Crippen LogP contribution < -0.4 is 0 Å². The van der Waals surface area contributed by atoms with E-state index in [0.29, 0.717) is 16.2 Å². The lowest BCUT2D eigenvalue weighted by Crippen LogP contribution is -2.59. The second-order valence-electron chi connectivity index (χ2n) is 10.8. The number of fused-ring (bicyclic) bond motifs is 3. The molecule has 3 saturated carbocycles. The lowest BCUT2D eigenvalue weighted by Gasteiger charge is -2.66. The Morgan fingerprint density at radius 2 is 1.57 bits per heavy atom. The molecule has 0 heterocycles. The molecule has 0 aliphatic heterocycles. The average Bonchev–Trinajstić information content (AvgIpc) is 2.45. The molecule has 3 rings (SSSR count). The third-order valence-electron chi connectivity index (χ3n) is 9.15. The van der Waals surface area contributed by atoms with Gasteiger partial charge >= 0.3 is 0 Å². The largest absolute Gasteiger partial charge is 0.0654 e. The van der Waals surface area contributed by atoms with Gasteiger partial charge in [0.25, 0.3) is 0 Å². The Balaban J connectivity index is 1.92. The van der Waals surface area contributed by atoms with Crippen molar-refractivity contribution in [1.82, 2.24) is 0 Å². The Morgan fingerprint density at radius 3 is 2.26 bits per heavy atom.